The summed E-state index contributed by atoms with van der Waals surface area (Å²) >= 11 is 7.49. The zero-order valence-corrected chi connectivity index (χ0v) is 14.0. The second kappa shape index (κ2) is 6.15. The molecule has 3 rings (SSSR count). The third-order valence-corrected chi connectivity index (χ3v) is 5.07. The van der Waals surface area contributed by atoms with E-state index in [-0.39, 0.29) is 11.8 Å². The van der Waals surface area contributed by atoms with Crippen LogP contribution in [0.2, 0.25) is 4.34 Å². The fourth-order valence-electron chi connectivity index (χ4n) is 2.54. The number of aryl methyl sites for hydroxylation is 1. The first-order chi connectivity index (χ1) is 10.6. The van der Waals surface area contributed by atoms with Gasteiger partial charge in [-0.05, 0) is 23.6 Å². The summed E-state index contributed by atoms with van der Waals surface area (Å²) in [5.41, 5.74) is 2.89. The second-order valence-electron chi connectivity index (χ2n) is 5.41. The molecule has 2 heterocycles. The van der Waals surface area contributed by atoms with Crippen molar-refractivity contribution >= 4 is 39.1 Å². The Labute approximate surface area is 138 Å². The van der Waals surface area contributed by atoms with Crippen LogP contribution in [0.5, 0.6) is 0 Å². The highest BCUT2D eigenvalue weighted by Crippen LogP contribution is 2.31. The fourth-order valence-corrected chi connectivity index (χ4v) is 3.74. The first-order valence-electron chi connectivity index (χ1n) is 7.14. The first kappa shape index (κ1) is 15.1. The summed E-state index contributed by atoms with van der Waals surface area (Å²) in [6, 6.07) is 14.0. The lowest BCUT2D eigenvalue weighted by Gasteiger charge is -2.13. The molecule has 0 spiro atoms. The molecule has 3 nitrogen and oxygen atoms in total. The molecular formula is C17H17ClN2OS. The molecule has 0 saturated carbocycles. The predicted octanol–water partition coefficient (Wildman–Crippen LogP) is 4.43. The number of nitrogens with one attached hydrogen (secondary N) is 1. The Morgan fingerprint density at radius 3 is 2.73 bits per heavy atom. The molecular weight excluding hydrogens is 316 g/mol. The van der Waals surface area contributed by atoms with Crippen LogP contribution in [0.4, 0.5) is 0 Å². The predicted molar refractivity (Wildman–Crippen MR) is 93.0 cm³/mol. The minimum atomic E-state index is -0.0511. The van der Waals surface area contributed by atoms with E-state index in [2.05, 4.69) is 24.4 Å². The Kier molecular flexibility index (Phi) is 4.23. The van der Waals surface area contributed by atoms with Gasteiger partial charge in [-0.1, -0.05) is 48.9 Å². The van der Waals surface area contributed by atoms with Gasteiger partial charge in [0.15, 0.2) is 0 Å². The van der Waals surface area contributed by atoms with Crippen molar-refractivity contribution < 1.29 is 4.79 Å². The van der Waals surface area contributed by atoms with Gasteiger partial charge in [0.05, 0.1) is 14.6 Å². The average molecular weight is 333 g/mol. The summed E-state index contributed by atoms with van der Waals surface area (Å²) in [6.45, 7) is 2.72. The van der Waals surface area contributed by atoms with E-state index in [0.29, 0.717) is 12.2 Å². The third-order valence-electron chi connectivity index (χ3n) is 3.87. The van der Waals surface area contributed by atoms with Gasteiger partial charge in [0.2, 0.25) is 0 Å². The molecule has 1 amide bonds. The van der Waals surface area contributed by atoms with Crippen LogP contribution in [0, 0.1) is 0 Å². The summed E-state index contributed by atoms with van der Waals surface area (Å²) in [6.07, 6.45) is 0. The quantitative estimate of drug-likeness (QED) is 0.753. The molecule has 1 unspecified atom stereocenters. The van der Waals surface area contributed by atoms with Gasteiger partial charge in [-0.15, -0.1) is 11.3 Å². The smallest absolute Gasteiger partial charge is 0.267 e. The molecule has 22 heavy (non-hydrogen) atoms. The van der Waals surface area contributed by atoms with E-state index in [9.17, 15) is 4.79 Å². The molecule has 1 atom stereocenters. The zero-order chi connectivity index (χ0) is 15.7. The average Bonchev–Trinajstić information content (AvgIpc) is 3.03. The number of carbonyl (C=O) groups excluding carboxylic acids is 1. The topological polar surface area (TPSA) is 34.0 Å². The molecule has 114 valence electrons. The number of halogens is 1. The number of thiophene rings is 1. The molecule has 0 aliphatic heterocycles. The van der Waals surface area contributed by atoms with Gasteiger partial charge in [0.1, 0.15) is 5.69 Å². The van der Waals surface area contributed by atoms with Gasteiger partial charge < -0.3 is 9.88 Å². The summed E-state index contributed by atoms with van der Waals surface area (Å²) in [5.74, 6) is 0.228. The maximum Gasteiger partial charge on any atom is 0.267 e. The Morgan fingerprint density at radius 2 is 2.05 bits per heavy atom. The lowest BCUT2D eigenvalue weighted by Crippen LogP contribution is -2.28. The maximum absolute atomic E-state index is 12.4. The van der Waals surface area contributed by atoms with Crippen molar-refractivity contribution in [1.29, 1.82) is 0 Å². The Hall–Kier alpha value is -1.78. The summed E-state index contributed by atoms with van der Waals surface area (Å²) in [7, 11) is 1.89. The minimum Gasteiger partial charge on any atom is -0.350 e. The molecule has 0 bridgehead atoms. The highest BCUT2D eigenvalue weighted by molar-refractivity contribution is 7.22. The van der Waals surface area contributed by atoms with E-state index in [1.165, 1.54) is 16.9 Å². The Balaban J connectivity index is 1.71. The number of fused-ring (bicyclic) bond motifs is 1. The SMILES string of the molecule is CC(CNC(=O)c1cc2sc(Cl)cc2n1C)c1ccccc1. The number of hydrogen-bond donors (Lipinski definition) is 1. The van der Waals surface area contributed by atoms with E-state index in [1.54, 1.807) is 0 Å². The maximum atomic E-state index is 12.4. The lowest BCUT2D eigenvalue weighted by molar-refractivity contribution is 0.0944. The standard InChI is InChI=1S/C17H17ClN2OS/c1-11(12-6-4-3-5-7-12)10-19-17(21)14-8-15-13(20(14)2)9-16(18)22-15/h3-9,11H,10H2,1-2H3,(H,19,21). The van der Waals surface area contributed by atoms with Gasteiger partial charge >= 0.3 is 0 Å². The Morgan fingerprint density at radius 1 is 1.32 bits per heavy atom. The van der Waals surface area contributed by atoms with E-state index in [4.69, 9.17) is 11.6 Å². The molecule has 0 aliphatic rings. The van der Waals surface area contributed by atoms with Crippen LogP contribution in [0.15, 0.2) is 42.5 Å². The van der Waals surface area contributed by atoms with Crippen molar-refractivity contribution in [3.63, 3.8) is 0 Å². The van der Waals surface area contributed by atoms with Crippen molar-refractivity contribution in [3.05, 3.63) is 58.1 Å². The summed E-state index contributed by atoms with van der Waals surface area (Å²) in [4.78, 5) is 12.4. The third kappa shape index (κ3) is 2.89. The monoisotopic (exact) mass is 332 g/mol. The number of aromatic nitrogens is 1. The number of nitrogens with zero attached hydrogens (tertiary/aromatic N) is 1. The number of rotatable bonds is 4. The Bertz CT molecular complexity index is 807. The fraction of sp³-hybridized carbons (Fsp3) is 0.235. The molecule has 5 heteroatoms. The molecule has 0 radical (unpaired) electrons. The van der Waals surface area contributed by atoms with Crippen LogP contribution in [0.25, 0.3) is 10.2 Å². The van der Waals surface area contributed by atoms with Crippen molar-refractivity contribution in [2.75, 3.05) is 6.54 Å². The minimum absolute atomic E-state index is 0.0511. The van der Waals surface area contributed by atoms with Crippen LogP contribution in [0.1, 0.15) is 28.9 Å². The van der Waals surface area contributed by atoms with Gasteiger partial charge in [0.25, 0.3) is 5.91 Å². The van der Waals surface area contributed by atoms with Crippen LogP contribution in [-0.4, -0.2) is 17.0 Å². The summed E-state index contributed by atoms with van der Waals surface area (Å²) < 4.78 is 3.67. The first-order valence-corrected chi connectivity index (χ1v) is 8.33. The molecule has 2 aromatic heterocycles. The number of benzene rings is 1. The normalized spacial score (nSPS) is 12.5. The largest absolute Gasteiger partial charge is 0.350 e. The van der Waals surface area contributed by atoms with Crippen molar-refractivity contribution in [2.24, 2.45) is 7.05 Å². The molecule has 0 fully saturated rings. The molecule has 1 N–H and O–H groups in total. The summed E-state index contributed by atoms with van der Waals surface area (Å²) in [5, 5.41) is 3.02. The number of amides is 1. The van der Waals surface area contributed by atoms with Gasteiger partial charge in [-0.2, -0.15) is 0 Å². The van der Waals surface area contributed by atoms with Crippen molar-refractivity contribution in [1.82, 2.24) is 9.88 Å². The van der Waals surface area contributed by atoms with Gasteiger partial charge in [0, 0.05) is 13.6 Å². The van der Waals surface area contributed by atoms with Crippen LogP contribution in [-0.2, 0) is 7.05 Å². The highest BCUT2D eigenvalue weighted by Gasteiger charge is 2.16. The van der Waals surface area contributed by atoms with Crippen LogP contribution in [0.3, 0.4) is 0 Å². The molecule has 0 aliphatic carbocycles. The second-order valence-corrected chi connectivity index (χ2v) is 7.13. The number of carbonyl (C=O) groups is 1. The molecule has 3 aromatic rings. The van der Waals surface area contributed by atoms with Crippen LogP contribution >= 0.6 is 22.9 Å². The van der Waals surface area contributed by atoms with E-state index >= 15 is 0 Å². The van der Waals surface area contributed by atoms with E-state index < -0.39 is 0 Å². The van der Waals surface area contributed by atoms with Crippen molar-refractivity contribution in [3.8, 4) is 0 Å². The van der Waals surface area contributed by atoms with Gasteiger partial charge in [-0.25, -0.2) is 0 Å². The highest BCUT2D eigenvalue weighted by atomic mass is 35.5. The number of hydrogen-bond acceptors (Lipinski definition) is 2. The van der Waals surface area contributed by atoms with E-state index in [1.807, 2.05) is 41.9 Å². The molecule has 0 saturated heterocycles. The van der Waals surface area contributed by atoms with E-state index in [0.717, 1.165) is 14.6 Å². The zero-order valence-electron chi connectivity index (χ0n) is 12.5. The van der Waals surface area contributed by atoms with Gasteiger partial charge in [-0.3, -0.25) is 4.79 Å². The molecule has 1 aromatic carbocycles. The van der Waals surface area contributed by atoms with Crippen molar-refractivity contribution in [2.45, 2.75) is 12.8 Å². The van der Waals surface area contributed by atoms with Crippen LogP contribution < -0.4 is 5.32 Å². The lowest BCUT2D eigenvalue weighted by atomic mass is 10.0.